The van der Waals surface area contributed by atoms with E-state index in [0.29, 0.717) is 0 Å². The van der Waals surface area contributed by atoms with Gasteiger partial charge in [0, 0.05) is 16.5 Å². The molecular weight excluding hydrogens is 374 g/mol. The SMILES string of the molecule is c1ccc(-c2cccc(-c3cccc4c3c3ccccc3n4-c3ccccc3)c2)cc1. The van der Waals surface area contributed by atoms with Crippen molar-refractivity contribution >= 4 is 21.8 Å². The molecule has 0 unspecified atom stereocenters. The number of hydrogen-bond donors (Lipinski definition) is 0. The Kier molecular flexibility index (Phi) is 4.18. The van der Waals surface area contributed by atoms with Crippen LogP contribution in [0.1, 0.15) is 0 Å². The van der Waals surface area contributed by atoms with Gasteiger partial charge in [0.1, 0.15) is 0 Å². The standard InChI is InChI=1S/C30H21N/c1-3-11-22(12-4-1)23-13-9-14-24(21-23)26-18-10-20-29-30(26)27-17-7-8-19-28(27)31(29)25-15-5-2-6-16-25/h1-21H. The Morgan fingerprint density at radius 3 is 1.87 bits per heavy atom. The molecule has 146 valence electrons. The molecule has 1 nitrogen and oxygen atoms in total. The zero-order valence-corrected chi connectivity index (χ0v) is 17.1. The number of hydrogen-bond acceptors (Lipinski definition) is 0. The normalized spacial score (nSPS) is 11.2. The molecule has 0 amide bonds. The number of rotatable bonds is 3. The van der Waals surface area contributed by atoms with Crippen LogP contribution < -0.4 is 0 Å². The average Bonchev–Trinajstić information content (AvgIpc) is 3.20. The van der Waals surface area contributed by atoms with Gasteiger partial charge in [-0.05, 0) is 52.6 Å². The van der Waals surface area contributed by atoms with Gasteiger partial charge in [0.15, 0.2) is 0 Å². The highest BCUT2D eigenvalue weighted by Gasteiger charge is 2.15. The van der Waals surface area contributed by atoms with Crippen LogP contribution in [-0.2, 0) is 0 Å². The molecule has 31 heavy (non-hydrogen) atoms. The second kappa shape index (κ2) is 7.30. The Balaban J connectivity index is 1.65. The largest absolute Gasteiger partial charge is 0.309 e. The van der Waals surface area contributed by atoms with E-state index >= 15 is 0 Å². The molecule has 1 aromatic heterocycles. The molecule has 6 rings (SSSR count). The van der Waals surface area contributed by atoms with E-state index in [9.17, 15) is 0 Å². The molecule has 0 fully saturated rings. The fraction of sp³-hybridized carbons (Fsp3) is 0. The van der Waals surface area contributed by atoms with Crippen molar-refractivity contribution in [1.29, 1.82) is 0 Å². The van der Waals surface area contributed by atoms with E-state index < -0.39 is 0 Å². The molecule has 0 spiro atoms. The summed E-state index contributed by atoms with van der Waals surface area (Å²) in [6, 6.07) is 45.4. The molecule has 6 aromatic rings. The first-order chi connectivity index (χ1) is 15.4. The zero-order chi connectivity index (χ0) is 20.6. The van der Waals surface area contributed by atoms with Crippen molar-refractivity contribution in [3.63, 3.8) is 0 Å². The molecule has 0 saturated carbocycles. The maximum absolute atomic E-state index is 2.37. The van der Waals surface area contributed by atoms with Crippen molar-refractivity contribution in [3.8, 4) is 27.9 Å². The van der Waals surface area contributed by atoms with Crippen molar-refractivity contribution in [2.75, 3.05) is 0 Å². The number of benzene rings is 5. The monoisotopic (exact) mass is 395 g/mol. The third-order valence-electron chi connectivity index (χ3n) is 5.99. The van der Waals surface area contributed by atoms with Gasteiger partial charge in [-0.25, -0.2) is 0 Å². The zero-order valence-electron chi connectivity index (χ0n) is 17.1. The second-order valence-corrected chi connectivity index (χ2v) is 7.83. The van der Waals surface area contributed by atoms with Crippen molar-refractivity contribution in [2.45, 2.75) is 0 Å². The lowest BCUT2D eigenvalue weighted by atomic mass is 9.96. The van der Waals surface area contributed by atoms with Gasteiger partial charge in [-0.1, -0.05) is 97.1 Å². The van der Waals surface area contributed by atoms with Crippen molar-refractivity contribution in [2.24, 2.45) is 0 Å². The van der Waals surface area contributed by atoms with Crippen LogP contribution in [0.4, 0.5) is 0 Å². The molecule has 0 saturated heterocycles. The average molecular weight is 396 g/mol. The summed E-state index contributed by atoms with van der Waals surface area (Å²) < 4.78 is 2.37. The van der Waals surface area contributed by atoms with Crippen LogP contribution >= 0.6 is 0 Å². The second-order valence-electron chi connectivity index (χ2n) is 7.83. The molecule has 0 aliphatic rings. The predicted octanol–water partition coefficient (Wildman–Crippen LogP) is 8.12. The van der Waals surface area contributed by atoms with Crippen LogP contribution in [0, 0.1) is 0 Å². The van der Waals surface area contributed by atoms with Gasteiger partial charge in [0.2, 0.25) is 0 Å². The highest BCUT2D eigenvalue weighted by molar-refractivity contribution is 6.15. The molecule has 0 radical (unpaired) electrons. The van der Waals surface area contributed by atoms with Gasteiger partial charge in [-0.3, -0.25) is 0 Å². The summed E-state index contributed by atoms with van der Waals surface area (Å²) >= 11 is 0. The molecule has 0 aliphatic heterocycles. The van der Waals surface area contributed by atoms with Gasteiger partial charge in [0.25, 0.3) is 0 Å². The summed E-state index contributed by atoms with van der Waals surface area (Å²) in [6.45, 7) is 0. The first-order valence-electron chi connectivity index (χ1n) is 10.6. The van der Waals surface area contributed by atoms with Crippen LogP contribution in [0.2, 0.25) is 0 Å². The Labute approximate surface area is 181 Å². The third kappa shape index (κ3) is 2.94. The molecular formula is C30H21N. The number of aromatic nitrogens is 1. The molecule has 0 aliphatic carbocycles. The maximum atomic E-state index is 2.37. The van der Waals surface area contributed by atoms with Crippen molar-refractivity contribution in [3.05, 3.63) is 127 Å². The Hall–Kier alpha value is -4.10. The van der Waals surface area contributed by atoms with Crippen LogP contribution in [0.5, 0.6) is 0 Å². The minimum absolute atomic E-state index is 1.18. The quantitative estimate of drug-likeness (QED) is 0.285. The molecule has 0 bridgehead atoms. The predicted molar refractivity (Wildman–Crippen MR) is 132 cm³/mol. The minimum atomic E-state index is 1.18. The van der Waals surface area contributed by atoms with Gasteiger partial charge >= 0.3 is 0 Å². The van der Waals surface area contributed by atoms with E-state index in [1.807, 2.05) is 0 Å². The fourth-order valence-electron chi connectivity index (χ4n) is 4.61. The number of nitrogens with zero attached hydrogens (tertiary/aromatic N) is 1. The maximum Gasteiger partial charge on any atom is 0.0547 e. The van der Waals surface area contributed by atoms with Gasteiger partial charge in [0.05, 0.1) is 11.0 Å². The number of para-hydroxylation sites is 2. The molecule has 1 heteroatoms. The lowest BCUT2D eigenvalue weighted by molar-refractivity contribution is 1.18. The Morgan fingerprint density at radius 2 is 1.03 bits per heavy atom. The van der Waals surface area contributed by atoms with Crippen LogP contribution in [0.25, 0.3) is 49.7 Å². The summed E-state index contributed by atoms with van der Waals surface area (Å²) in [5, 5.41) is 2.58. The highest BCUT2D eigenvalue weighted by atomic mass is 15.0. The minimum Gasteiger partial charge on any atom is -0.309 e. The summed E-state index contributed by atoms with van der Waals surface area (Å²) in [6.07, 6.45) is 0. The Bertz CT molecular complexity index is 1510. The van der Waals surface area contributed by atoms with Crippen molar-refractivity contribution in [1.82, 2.24) is 4.57 Å². The summed E-state index contributed by atoms with van der Waals surface area (Å²) in [5.41, 5.74) is 8.63. The Morgan fingerprint density at radius 1 is 0.419 bits per heavy atom. The highest BCUT2D eigenvalue weighted by Crippen LogP contribution is 2.39. The molecule has 0 atom stereocenters. The third-order valence-corrected chi connectivity index (χ3v) is 5.99. The van der Waals surface area contributed by atoms with Crippen LogP contribution in [0.15, 0.2) is 127 Å². The van der Waals surface area contributed by atoms with E-state index in [1.165, 1.54) is 49.7 Å². The topological polar surface area (TPSA) is 4.93 Å². The summed E-state index contributed by atoms with van der Waals surface area (Å²) in [7, 11) is 0. The van der Waals surface area contributed by atoms with Gasteiger partial charge < -0.3 is 4.57 Å². The first kappa shape index (κ1) is 17.7. The van der Waals surface area contributed by atoms with E-state index in [-0.39, 0.29) is 0 Å². The van der Waals surface area contributed by atoms with Crippen LogP contribution in [-0.4, -0.2) is 4.57 Å². The molecule has 0 N–H and O–H groups in total. The smallest absolute Gasteiger partial charge is 0.0547 e. The lowest BCUT2D eigenvalue weighted by Gasteiger charge is -2.10. The fourth-order valence-corrected chi connectivity index (χ4v) is 4.61. The number of fused-ring (bicyclic) bond motifs is 3. The van der Waals surface area contributed by atoms with Gasteiger partial charge in [-0.2, -0.15) is 0 Å². The molecule has 5 aromatic carbocycles. The first-order valence-corrected chi connectivity index (χ1v) is 10.6. The van der Waals surface area contributed by atoms with E-state index in [4.69, 9.17) is 0 Å². The summed E-state index contributed by atoms with van der Waals surface area (Å²) in [4.78, 5) is 0. The van der Waals surface area contributed by atoms with E-state index in [1.54, 1.807) is 0 Å². The lowest BCUT2D eigenvalue weighted by Crippen LogP contribution is -1.92. The van der Waals surface area contributed by atoms with E-state index in [2.05, 4.69) is 132 Å². The van der Waals surface area contributed by atoms with E-state index in [0.717, 1.165) is 0 Å². The van der Waals surface area contributed by atoms with Crippen LogP contribution in [0.3, 0.4) is 0 Å². The summed E-state index contributed by atoms with van der Waals surface area (Å²) in [5.74, 6) is 0. The molecule has 1 heterocycles. The van der Waals surface area contributed by atoms with Gasteiger partial charge in [-0.15, -0.1) is 0 Å². The van der Waals surface area contributed by atoms with Crippen molar-refractivity contribution < 1.29 is 0 Å².